The van der Waals surface area contributed by atoms with Gasteiger partial charge in [-0.15, -0.1) is 13.7 Å². The Kier molecular flexibility index (Phi) is 4.36. The summed E-state index contributed by atoms with van der Waals surface area (Å²) in [5, 5.41) is 5.00. The van der Waals surface area contributed by atoms with Crippen molar-refractivity contribution in [1.29, 1.82) is 0 Å². The summed E-state index contributed by atoms with van der Waals surface area (Å²) >= 11 is 0. The Morgan fingerprint density at radius 2 is 2.33 bits per heavy atom. The van der Waals surface area contributed by atoms with Crippen LogP contribution in [0.25, 0.3) is 0 Å². The van der Waals surface area contributed by atoms with Crippen molar-refractivity contribution in [2.24, 2.45) is 16.7 Å². The molecule has 54 valence electrons. The van der Waals surface area contributed by atoms with Crippen molar-refractivity contribution >= 4 is 14.4 Å². The first-order chi connectivity index (χ1) is 4.16. The number of rotatable bonds is 3. The summed E-state index contributed by atoms with van der Waals surface area (Å²) in [7, 11) is 2.44. The van der Waals surface area contributed by atoms with Crippen LogP contribution in [0.1, 0.15) is 0 Å². The molecule has 0 aromatic heterocycles. The van der Waals surface area contributed by atoms with E-state index >= 15 is 0 Å². The Morgan fingerprint density at radius 1 is 1.78 bits per heavy atom. The molecule has 0 aromatic rings. The second-order valence-corrected chi connectivity index (χ2v) is 2.76. The molecule has 0 spiro atoms. The predicted molar refractivity (Wildman–Crippen MR) is 42.7 cm³/mol. The van der Waals surface area contributed by atoms with Gasteiger partial charge in [0, 0.05) is 13.2 Å². The molecule has 0 aliphatic carbocycles. The van der Waals surface area contributed by atoms with Crippen molar-refractivity contribution < 1.29 is 0 Å². The quantitative estimate of drug-likeness (QED) is 0.184. The molecule has 0 heterocycles. The van der Waals surface area contributed by atoms with Gasteiger partial charge in [0.2, 0.25) is 0 Å². The fourth-order valence-electron chi connectivity index (χ4n) is 0.419. The first kappa shape index (κ1) is 8.66. The fraction of sp³-hybridized carbons (Fsp3) is 0.750. The van der Waals surface area contributed by atoms with Crippen LogP contribution in [0, 0.1) is 0 Å². The van der Waals surface area contributed by atoms with Crippen molar-refractivity contribution in [3.05, 3.63) is 0 Å². The summed E-state index contributed by atoms with van der Waals surface area (Å²) in [6, 6.07) is 0. The predicted octanol–water partition coefficient (Wildman–Crippen LogP) is -0.628. The van der Waals surface area contributed by atoms with Crippen LogP contribution in [-0.2, 0) is 0 Å². The Hall–Kier alpha value is -0.340. The molecule has 4 nitrogen and oxygen atoms in total. The molecule has 0 bridgehead atoms. The van der Waals surface area contributed by atoms with Crippen LogP contribution in [0.3, 0.4) is 0 Å². The Labute approximate surface area is 57.0 Å². The van der Waals surface area contributed by atoms with E-state index < -0.39 is 0 Å². The molecule has 1 atom stereocenters. The molecule has 5 heteroatoms. The standard InChI is InChI=1S/C4H13N4P/c1-8(6)7-4(5)3-9-2/h9H,3,6H2,1-2H3,(H2,5,7). The van der Waals surface area contributed by atoms with E-state index in [0.717, 1.165) is 14.7 Å². The maximum atomic E-state index is 5.42. The fourth-order valence-corrected chi connectivity index (χ4v) is 0.852. The van der Waals surface area contributed by atoms with Gasteiger partial charge < -0.3 is 5.73 Å². The van der Waals surface area contributed by atoms with E-state index in [9.17, 15) is 0 Å². The Balaban J connectivity index is 3.55. The third-order valence-electron chi connectivity index (χ3n) is 0.644. The van der Waals surface area contributed by atoms with Crippen LogP contribution in [-0.4, -0.2) is 30.8 Å². The minimum absolute atomic E-state index is 0.598. The molecule has 0 aliphatic heterocycles. The van der Waals surface area contributed by atoms with Gasteiger partial charge in [0.1, 0.15) is 5.84 Å². The number of nitrogens with two attached hydrogens (primary N) is 2. The third kappa shape index (κ3) is 5.53. The third-order valence-corrected chi connectivity index (χ3v) is 1.36. The summed E-state index contributed by atoms with van der Waals surface area (Å²) in [4.78, 5) is 0. The van der Waals surface area contributed by atoms with Crippen LogP contribution in [0.4, 0.5) is 0 Å². The molecule has 0 rings (SSSR count). The molecular weight excluding hydrogens is 135 g/mol. The lowest BCUT2D eigenvalue weighted by Crippen LogP contribution is -2.25. The SMILES string of the molecule is CPC/C(N)=N/N(C)N. The van der Waals surface area contributed by atoms with Crippen molar-refractivity contribution in [3.8, 4) is 0 Å². The van der Waals surface area contributed by atoms with Gasteiger partial charge in [-0.05, 0) is 6.66 Å². The molecule has 1 unspecified atom stereocenters. The van der Waals surface area contributed by atoms with Crippen molar-refractivity contribution in [3.63, 3.8) is 0 Å². The van der Waals surface area contributed by atoms with Gasteiger partial charge in [-0.2, -0.15) is 0 Å². The number of hydrogen-bond acceptors (Lipinski definition) is 3. The minimum atomic E-state index is 0.598. The van der Waals surface area contributed by atoms with Gasteiger partial charge >= 0.3 is 0 Å². The maximum Gasteiger partial charge on any atom is 0.125 e. The first-order valence-corrected chi connectivity index (χ1v) is 4.33. The molecule has 4 N–H and O–H groups in total. The lowest BCUT2D eigenvalue weighted by molar-refractivity contribution is 0.371. The van der Waals surface area contributed by atoms with Crippen molar-refractivity contribution in [1.82, 2.24) is 5.12 Å². The van der Waals surface area contributed by atoms with E-state index in [2.05, 4.69) is 11.8 Å². The van der Waals surface area contributed by atoms with Crippen LogP contribution in [0.5, 0.6) is 0 Å². The zero-order valence-electron chi connectivity index (χ0n) is 5.76. The van der Waals surface area contributed by atoms with Gasteiger partial charge in [0.15, 0.2) is 0 Å². The summed E-state index contributed by atoms with van der Waals surface area (Å²) < 4.78 is 0. The second kappa shape index (κ2) is 4.53. The second-order valence-electron chi connectivity index (χ2n) is 1.70. The van der Waals surface area contributed by atoms with Crippen molar-refractivity contribution in [2.45, 2.75) is 0 Å². The van der Waals surface area contributed by atoms with Crippen LogP contribution in [0.15, 0.2) is 5.10 Å². The zero-order chi connectivity index (χ0) is 7.28. The van der Waals surface area contributed by atoms with Gasteiger partial charge in [-0.3, -0.25) is 0 Å². The van der Waals surface area contributed by atoms with E-state index in [-0.39, 0.29) is 0 Å². The Morgan fingerprint density at radius 3 is 2.67 bits per heavy atom. The highest BCUT2D eigenvalue weighted by atomic mass is 31.1. The van der Waals surface area contributed by atoms with Crippen molar-refractivity contribution in [2.75, 3.05) is 19.9 Å². The highest BCUT2D eigenvalue weighted by Gasteiger charge is 1.88. The van der Waals surface area contributed by atoms with Crippen LogP contribution in [0.2, 0.25) is 0 Å². The summed E-state index contributed by atoms with van der Waals surface area (Å²) in [5.74, 6) is 5.79. The molecule has 9 heavy (non-hydrogen) atoms. The molecule has 0 saturated carbocycles. The van der Waals surface area contributed by atoms with E-state index in [0.29, 0.717) is 5.84 Å². The maximum absolute atomic E-state index is 5.42. The first-order valence-electron chi connectivity index (χ1n) is 2.62. The Bertz CT molecular complexity index is 101. The van der Waals surface area contributed by atoms with Crippen LogP contribution < -0.4 is 11.6 Å². The summed E-state index contributed by atoms with van der Waals surface area (Å²) in [6.45, 7) is 2.07. The summed E-state index contributed by atoms with van der Waals surface area (Å²) in [6.07, 6.45) is 0.835. The number of hydrazone groups is 1. The topological polar surface area (TPSA) is 67.6 Å². The lowest BCUT2D eigenvalue weighted by Gasteiger charge is -2.04. The number of hydrazine groups is 1. The van der Waals surface area contributed by atoms with E-state index in [1.54, 1.807) is 7.05 Å². The molecule has 0 aliphatic rings. The number of amidine groups is 1. The minimum Gasteiger partial charge on any atom is -0.385 e. The van der Waals surface area contributed by atoms with E-state index in [1.165, 1.54) is 5.12 Å². The van der Waals surface area contributed by atoms with E-state index in [4.69, 9.17) is 11.6 Å². The van der Waals surface area contributed by atoms with E-state index in [1.807, 2.05) is 0 Å². The number of nitrogens with zero attached hydrogens (tertiary/aromatic N) is 2. The molecule has 0 saturated heterocycles. The molecular formula is C4H13N4P. The molecule has 0 radical (unpaired) electrons. The monoisotopic (exact) mass is 148 g/mol. The van der Waals surface area contributed by atoms with Gasteiger partial charge in [0.05, 0.1) is 0 Å². The van der Waals surface area contributed by atoms with Crippen LogP contribution >= 0.6 is 8.58 Å². The highest BCUT2D eigenvalue weighted by Crippen LogP contribution is 1.98. The normalized spacial score (nSPS) is 13.0. The molecule has 0 aromatic carbocycles. The summed E-state index contributed by atoms with van der Waals surface area (Å²) in [5.41, 5.74) is 5.42. The average molecular weight is 148 g/mol. The lowest BCUT2D eigenvalue weighted by atomic mass is 10.7. The molecule has 0 fully saturated rings. The number of hydrogen-bond donors (Lipinski definition) is 2. The van der Waals surface area contributed by atoms with Gasteiger partial charge in [-0.25, -0.2) is 11.0 Å². The average Bonchev–Trinajstić information content (AvgIpc) is 1.63. The van der Waals surface area contributed by atoms with Gasteiger partial charge in [-0.1, -0.05) is 0 Å². The smallest absolute Gasteiger partial charge is 0.125 e. The zero-order valence-corrected chi connectivity index (χ0v) is 6.76. The largest absolute Gasteiger partial charge is 0.385 e. The van der Waals surface area contributed by atoms with Gasteiger partial charge in [0.25, 0.3) is 0 Å². The molecule has 0 amide bonds. The highest BCUT2D eigenvalue weighted by molar-refractivity contribution is 7.38.